The van der Waals surface area contributed by atoms with Crippen molar-refractivity contribution >= 4 is 44.7 Å². The van der Waals surface area contributed by atoms with Crippen LogP contribution in [0.5, 0.6) is 5.75 Å². The molecule has 0 saturated heterocycles. The second-order valence-electron chi connectivity index (χ2n) is 6.15. The van der Waals surface area contributed by atoms with Crippen molar-refractivity contribution in [3.8, 4) is 5.75 Å². The molecule has 0 spiro atoms. The molecule has 5 heteroatoms. The highest BCUT2D eigenvalue weighted by Gasteiger charge is 2.16. The number of anilines is 2. The number of carbonyl (C=O) groups is 2. The van der Waals surface area contributed by atoms with E-state index in [9.17, 15) is 14.7 Å². The van der Waals surface area contributed by atoms with E-state index in [2.05, 4.69) is 10.6 Å². The van der Waals surface area contributed by atoms with Gasteiger partial charge in [0.1, 0.15) is 5.75 Å². The molecule has 2 amide bonds. The fraction of sp³-hybridized carbons (Fsp3) is 0. The topological polar surface area (TPSA) is 78.4 Å². The Morgan fingerprint density at radius 3 is 2.22 bits per heavy atom. The van der Waals surface area contributed by atoms with Crippen molar-refractivity contribution in [1.82, 2.24) is 0 Å². The highest BCUT2D eigenvalue weighted by molar-refractivity contribution is 6.44. The van der Waals surface area contributed by atoms with Crippen molar-refractivity contribution in [1.29, 1.82) is 0 Å². The van der Waals surface area contributed by atoms with Gasteiger partial charge in [-0.05, 0) is 35.0 Å². The lowest BCUT2D eigenvalue weighted by atomic mass is 10.1. The van der Waals surface area contributed by atoms with Crippen LogP contribution < -0.4 is 10.6 Å². The van der Waals surface area contributed by atoms with Crippen LogP contribution in [0.25, 0.3) is 21.5 Å². The zero-order chi connectivity index (χ0) is 18.8. The summed E-state index contributed by atoms with van der Waals surface area (Å²) in [5.41, 5.74) is 1.01. The van der Waals surface area contributed by atoms with Crippen molar-refractivity contribution in [2.24, 2.45) is 0 Å². The van der Waals surface area contributed by atoms with E-state index in [1.807, 2.05) is 36.4 Å². The number of phenolic OH excluding ortho intramolecular Hbond substituents is 1. The lowest BCUT2D eigenvalue weighted by Gasteiger charge is -2.10. The van der Waals surface area contributed by atoms with Gasteiger partial charge in [-0.3, -0.25) is 9.59 Å². The van der Waals surface area contributed by atoms with Crippen LogP contribution in [0.3, 0.4) is 0 Å². The molecule has 0 aromatic heterocycles. The number of hydrogen-bond acceptors (Lipinski definition) is 3. The summed E-state index contributed by atoms with van der Waals surface area (Å²) in [6, 6.07) is 23.4. The number of fused-ring (bicyclic) bond motifs is 2. The SMILES string of the molecule is O=C(Nc1ccc2ccccc2c1)C(=O)Nc1cccc2c(O)cccc12. The van der Waals surface area contributed by atoms with E-state index in [-0.39, 0.29) is 5.75 Å². The first kappa shape index (κ1) is 16.6. The van der Waals surface area contributed by atoms with Crippen molar-refractivity contribution in [3.05, 3.63) is 78.9 Å². The molecular formula is C22H16N2O3. The van der Waals surface area contributed by atoms with Gasteiger partial charge in [-0.25, -0.2) is 0 Å². The summed E-state index contributed by atoms with van der Waals surface area (Å²) in [5.74, 6) is -1.43. The van der Waals surface area contributed by atoms with Crippen molar-refractivity contribution in [3.63, 3.8) is 0 Å². The van der Waals surface area contributed by atoms with Gasteiger partial charge in [0, 0.05) is 22.1 Å². The summed E-state index contributed by atoms with van der Waals surface area (Å²) in [7, 11) is 0. The molecule has 4 aromatic rings. The molecule has 3 N–H and O–H groups in total. The van der Waals surface area contributed by atoms with Gasteiger partial charge in [0.05, 0.1) is 0 Å². The molecule has 0 bridgehead atoms. The molecule has 27 heavy (non-hydrogen) atoms. The van der Waals surface area contributed by atoms with Gasteiger partial charge in [-0.1, -0.05) is 54.6 Å². The van der Waals surface area contributed by atoms with Crippen LogP contribution in [0.1, 0.15) is 0 Å². The van der Waals surface area contributed by atoms with Gasteiger partial charge in [-0.2, -0.15) is 0 Å². The quantitative estimate of drug-likeness (QED) is 0.469. The minimum Gasteiger partial charge on any atom is -0.507 e. The van der Waals surface area contributed by atoms with Crippen molar-refractivity contribution in [2.75, 3.05) is 10.6 Å². The fourth-order valence-electron chi connectivity index (χ4n) is 3.04. The van der Waals surface area contributed by atoms with E-state index >= 15 is 0 Å². The van der Waals surface area contributed by atoms with Crippen LogP contribution in [0.15, 0.2) is 78.9 Å². The van der Waals surface area contributed by atoms with E-state index in [0.717, 1.165) is 10.8 Å². The Balaban J connectivity index is 1.54. The lowest BCUT2D eigenvalue weighted by Crippen LogP contribution is -2.29. The van der Waals surface area contributed by atoms with Gasteiger partial charge >= 0.3 is 11.8 Å². The third kappa shape index (κ3) is 3.30. The van der Waals surface area contributed by atoms with Gasteiger partial charge in [0.15, 0.2) is 0 Å². The number of amides is 2. The molecule has 4 rings (SSSR count). The van der Waals surface area contributed by atoms with E-state index in [1.54, 1.807) is 42.5 Å². The second kappa shape index (κ2) is 6.80. The lowest BCUT2D eigenvalue weighted by molar-refractivity contribution is -0.132. The monoisotopic (exact) mass is 356 g/mol. The molecule has 0 heterocycles. The average Bonchev–Trinajstić information content (AvgIpc) is 2.68. The predicted molar refractivity (Wildman–Crippen MR) is 107 cm³/mol. The number of hydrogen-bond donors (Lipinski definition) is 3. The minimum atomic E-state index is -0.779. The first-order valence-electron chi connectivity index (χ1n) is 8.44. The van der Waals surface area contributed by atoms with Crippen LogP contribution in [0, 0.1) is 0 Å². The standard InChI is InChI=1S/C22H16N2O3/c25-20-10-4-7-17-18(20)8-3-9-19(17)24-22(27)21(26)23-16-12-11-14-5-1-2-6-15(14)13-16/h1-13,25H,(H,23,26)(H,24,27). The molecule has 5 nitrogen and oxygen atoms in total. The smallest absolute Gasteiger partial charge is 0.314 e. The van der Waals surface area contributed by atoms with Gasteiger partial charge in [-0.15, -0.1) is 0 Å². The Hall–Kier alpha value is -3.86. The fourth-order valence-corrected chi connectivity index (χ4v) is 3.04. The Labute approximate surface area is 155 Å². The molecule has 0 aliphatic carbocycles. The Kier molecular flexibility index (Phi) is 4.18. The summed E-state index contributed by atoms with van der Waals surface area (Å²) in [5, 5.41) is 18.4. The van der Waals surface area contributed by atoms with E-state index in [0.29, 0.717) is 22.1 Å². The third-order valence-corrected chi connectivity index (χ3v) is 4.36. The Morgan fingerprint density at radius 2 is 1.37 bits per heavy atom. The number of rotatable bonds is 2. The number of nitrogens with one attached hydrogen (secondary N) is 2. The summed E-state index contributed by atoms with van der Waals surface area (Å²) in [4.78, 5) is 24.6. The summed E-state index contributed by atoms with van der Waals surface area (Å²) < 4.78 is 0. The molecule has 0 aliphatic heterocycles. The van der Waals surface area contributed by atoms with E-state index in [4.69, 9.17) is 0 Å². The molecule has 0 saturated carbocycles. The van der Waals surface area contributed by atoms with Crippen LogP contribution in [0.2, 0.25) is 0 Å². The Morgan fingerprint density at radius 1 is 0.667 bits per heavy atom. The van der Waals surface area contributed by atoms with Crippen molar-refractivity contribution in [2.45, 2.75) is 0 Å². The van der Waals surface area contributed by atoms with E-state index in [1.165, 1.54) is 0 Å². The average molecular weight is 356 g/mol. The minimum absolute atomic E-state index is 0.115. The maximum atomic E-state index is 12.3. The molecule has 4 aromatic carbocycles. The molecule has 0 atom stereocenters. The number of aromatic hydroxyl groups is 1. The summed E-state index contributed by atoms with van der Waals surface area (Å²) in [6.45, 7) is 0. The second-order valence-corrected chi connectivity index (χ2v) is 6.15. The number of carbonyl (C=O) groups excluding carboxylic acids is 2. The zero-order valence-corrected chi connectivity index (χ0v) is 14.3. The maximum absolute atomic E-state index is 12.3. The predicted octanol–water partition coefficient (Wildman–Crippen LogP) is 4.28. The van der Waals surface area contributed by atoms with Crippen LogP contribution in [-0.2, 0) is 9.59 Å². The van der Waals surface area contributed by atoms with Crippen molar-refractivity contribution < 1.29 is 14.7 Å². The third-order valence-electron chi connectivity index (χ3n) is 4.36. The van der Waals surface area contributed by atoms with Gasteiger partial charge < -0.3 is 15.7 Å². The van der Waals surface area contributed by atoms with Gasteiger partial charge in [0.2, 0.25) is 0 Å². The molecule has 0 radical (unpaired) electrons. The molecule has 0 aliphatic rings. The summed E-state index contributed by atoms with van der Waals surface area (Å²) >= 11 is 0. The maximum Gasteiger partial charge on any atom is 0.314 e. The van der Waals surface area contributed by atoms with Crippen LogP contribution >= 0.6 is 0 Å². The number of benzene rings is 4. The Bertz CT molecular complexity index is 1180. The van der Waals surface area contributed by atoms with E-state index < -0.39 is 11.8 Å². The zero-order valence-electron chi connectivity index (χ0n) is 14.3. The van der Waals surface area contributed by atoms with Gasteiger partial charge in [0.25, 0.3) is 0 Å². The first-order valence-corrected chi connectivity index (χ1v) is 8.44. The summed E-state index contributed by atoms with van der Waals surface area (Å²) in [6.07, 6.45) is 0. The molecular weight excluding hydrogens is 340 g/mol. The number of phenols is 1. The molecule has 132 valence electrons. The van der Waals surface area contributed by atoms with Crippen LogP contribution in [-0.4, -0.2) is 16.9 Å². The largest absolute Gasteiger partial charge is 0.507 e. The molecule has 0 fully saturated rings. The highest BCUT2D eigenvalue weighted by Crippen LogP contribution is 2.29. The first-order chi connectivity index (χ1) is 13.1. The molecule has 0 unspecified atom stereocenters. The normalized spacial score (nSPS) is 10.7. The van der Waals surface area contributed by atoms with Crippen LogP contribution in [0.4, 0.5) is 11.4 Å². The highest BCUT2D eigenvalue weighted by atomic mass is 16.3.